The van der Waals surface area contributed by atoms with Crippen molar-refractivity contribution in [3.63, 3.8) is 0 Å². The Morgan fingerprint density at radius 1 is 1.22 bits per heavy atom. The number of likely N-dealkylation sites (tertiary alicyclic amines) is 1. The number of piperidine rings is 1. The molecule has 1 N–H and O–H groups in total. The van der Waals surface area contributed by atoms with Crippen LogP contribution in [0, 0.1) is 12.8 Å². The van der Waals surface area contributed by atoms with Gasteiger partial charge in [-0.1, -0.05) is 43.7 Å². The third-order valence-corrected chi connectivity index (χ3v) is 6.24. The predicted octanol–water partition coefficient (Wildman–Crippen LogP) is 3.10. The average molecular weight is 339 g/mol. The molecule has 2 rings (SSSR count). The van der Waals surface area contributed by atoms with E-state index in [0.717, 1.165) is 19.0 Å². The molecule has 130 valence electrons. The Morgan fingerprint density at radius 2 is 1.83 bits per heavy atom. The maximum absolute atomic E-state index is 12.0. The number of aryl methyl sites for hydroxylation is 1. The van der Waals surface area contributed by atoms with Crippen molar-refractivity contribution < 1.29 is 8.42 Å². The second-order valence-corrected chi connectivity index (χ2v) is 8.74. The van der Waals surface area contributed by atoms with E-state index in [0.29, 0.717) is 13.0 Å². The van der Waals surface area contributed by atoms with Crippen molar-refractivity contribution >= 4 is 10.0 Å². The van der Waals surface area contributed by atoms with Crippen LogP contribution in [0.2, 0.25) is 0 Å². The SMILES string of the molecule is CCCS(=O)(=O)NCC(c1ccc(C)cc1)N1CCC(C)CC1. The van der Waals surface area contributed by atoms with Crippen molar-refractivity contribution in [3.05, 3.63) is 35.4 Å². The molecular formula is C18H30N2O2S. The molecule has 0 aromatic heterocycles. The Labute approximate surface area is 141 Å². The maximum Gasteiger partial charge on any atom is 0.211 e. The molecule has 1 aliphatic heterocycles. The van der Waals surface area contributed by atoms with Crippen LogP contribution in [0.1, 0.15) is 50.3 Å². The van der Waals surface area contributed by atoms with E-state index in [1.165, 1.54) is 24.0 Å². The Hall–Kier alpha value is -0.910. The zero-order valence-corrected chi connectivity index (χ0v) is 15.4. The summed E-state index contributed by atoms with van der Waals surface area (Å²) in [5.41, 5.74) is 2.43. The zero-order valence-electron chi connectivity index (χ0n) is 14.6. The van der Waals surface area contributed by atoms with E-state index in [1.54, 1.807) is 0 Å². The highest BCUT2D eigenvalue weighted by atomic mass is 32.2. The second kappa shape index (κ2) is 8.27. The zero-order chi connectivity index (χ0) is 16.9. The Bertz CT molecular complexity index is 576. The molecule has 1 heterocycles. The predicted molar refractivity (Wildman–Crippen MR) is 96.0 cm³/mol. The van der Waals surface area contributed by atoms with E-state index in [9.17, 15) is 8.42 Å². The molecule has 0 radical (unpaired) electrons. The molecule has 1 unspecified atom stereocenters. The summed E-state index contributed by atoms with van der Waals surface area (Å²) in [5.74, 6) is 0.965. The first-order chi connectivity index (χ1) is 10.9. The van der Waals surface area contributed by atoms with E-state index in [2.05, 4.69) is 47.7 Å². The van der Waals surface area contributed by atoms with Gasteiger partial charge in [0.25, 0.3) is 0 Å². The molecule has 0 saturated carbocycles. The standard InChI is InChI=1S/C18H30N2O2S/c1-4-13-23(21,22)19-14-18(17-7-5-15(2)6-8-17)20-11-9-16(3)10-12-20/h5-8,16,18-19H,4,9-14H2,1-3H3. The first kappa shape index (κ1) is 18.4. The lowest BCUT2D eigenvalue weighted by Crippen LogP contribution is -2.42. The summed E-state index contributed by atoms with van der Waals surface area (Å²) in [7, 11) is -3.17. The fourth-order valence-electron chi connectivity index (χ4n) is 3.13. The van der Waals surface area contributed by atoms with E-state index >= 15 is 0 Å². The molecule has 1 saturated heterocycles. The van der Waals surface area contributed by atoms with E-state index in [4.69, 9.17) is 0 Å². The molecule has 1 atom stereocenters. The van der Waals surface area contributed by atoms with E-state index < -0.39 is 10.0 Å². The Balaban J connectivity index is 2.12. The van der Waals surface area contributed by atoms with Crippen LogP contribution in [0.25, 0.3) is 0 Å². The van der Waals surface area contributed by atoms with Gasteiger partial charge in [0.05, 0.1) is 5.75 Å². The summed E-state index contributed by atoms with van der Waals surface area (Å²) in [6.45, 7) is 8.79. The molecule has 1 aromatic rings. The van der Waals surface area contributed by atoms with Crippen molar-refractivity contribution in [2.24, 2.45) is 5.92 Å². The summed E-state index contributed by atoms with van der Waals surface area (Å²) in [6.07, 6.45) is 3.01. The lowest BCUT2D eigenvalue weighted by molar-refractivity contribution is 0.139. The van der Waals surface area contributed by atoms with Crippen LogP contribution in [0.3, 0.4) is 0 Å². The average Bonchev–Trinajstić information content (AvgIpc) is 2.51. The van der Waals surface area contributed by atoms with Crippen LogP contribution in [-0.2, 0) is 10.0 Å². The molecule has 23 heavy (non-hydrogen) atoms. The van der Waals surface area contributed by atoms with Crippen molar-refractivity contribution in [3.8, 4) is 0 Å². The molecule has 5 heteroatoms. The second-order valence-electron chi connectivity index (χ2n) is 6.81. The largest absolute Gasteiger partial charge is 0.295 e. The van der Waals surface area contributed by atoms with Crippen molar-refractivity contribution in [2.75, 3.05) is 25.4 Å². The summed E-state index contributed by atoms with van der Waals surface area (Å²) < 4.78 is 26.9. The van der Waals surface area contributed by atoms with Gasteiger partial charge in [0, 0.05) is 12.6 Å². The van der Waals surface area contributed by atoms with Crippen LogP contribution in [-0.4, -0.2) is 38.7 Å². The van der Waals surface area contributed by atoms with Gasteiger partial charge in [0.2, 0.25) is 10.0 Å². The van der Waals surface area contributed by atoms with Gasteiger partial charge in [-0.3, -0.25) is 4.90 Å². The fraction of sp³-hybridized carbons (Fsp3) is 0.667. The molecule has 1 aromatic carbocycles. The summed E-state index contributed by atoms with van der Waals surface area (Å²) in [5, 5.41) is 0. The summed E-state index contributed by atoms with van der Waals surface area (Å²) in [6, 6.07) is 8.60. The van der Waals surface area contributed by atoms with Crippen molar-refractivity contribution in [1.82, 2.24) is 9.62 Å². The molecule has 0 bridgehead atoms. The van der Waals surface area contributed by atoms with E-state index in [1.807, 2.05) is 6.92 Å². The monoisotopic (exact) mass is 338 g/mol. The number of nitrogens with zero attached hydrogens (tertiary/aromatic N) is 1. The molecule has 0 spiro atoms. The lowest BCUT2D eigenvalue weighted by Gasteiger charge is -2.37. The first-order valence-corrected chi connectivity index (χ1v) is 10.3. The first-order valence-electron chi connectivity index (χ1n) is 8.69. The van der Waals surface area contributed by atoms with Crippen molar-refractivity contribution in [1.29, 1.82) is 0 Å². The molecule has 0 aliphatic carbocycles. The van der Waals surface area contributed by atoms with Gasteiger partial charge in [0.1, 0.15) is 0 Å². The van der Waals surface area contributed by atoms with Crippen LogP contribution in [0.5, 0.6) is 0 Å². The number of sulfonamides is 1. The number of rotatable bonds is 7. The normalized spacial score (nSPS) is 18.9. The van der Waals surface area contributed by atoms with E-state index in [-0.39, 0.29) is 11.8 Å². The Kier molecular flexibility index (Phi) is 6.62. The Morgan fingerprint density at radius 3 is 2.39 bits per heavy atom. The van der Waals surface area contributed by atoms with Gasteiger partial charge in [-0.2, -0.15) is 0 Å². The minimum absolute atomic E-state index is 0.120. The van der Waals surface area contributed by atoms with Gasteiger partial charge in [-0.15, -0.1) is 0 Å². The van der Waals surface area contributed by atoms with Crippen LogP contribution in [0.15, 0.2) is 24.3 Å². The molecule has 1 aliphatic rings. The number of benzene rings is 1. The molecular weight excluding hydrogens is 308 g/mol. The van der Waals surface area contributed by atoms with Gasteiger partial charge >= 0.3 is 0 Å². The smallest absolute Gasteiger partial charge is 0.211 e. The van der Waals surface area contributed by atoms with Crippen LogP contribution in [0.4, 0.5) is 0 Å². The number of nitrogens with one attached hydrogen (secondary N) is 1. The third kappa shape index (κ3) is 5.59. The lowest BCUT2D eigenvalue weighted by atomic mass is 9.95. The summed E-state index contributed by atoms with van der Waals surface area (Å²) in [4.78, 5) is 2.43. The van der Waals surface area contributed by atoms with Crippen LogP contribution >= 0.6 is 0 Å². The number of hydrogen-bond donors (Lipinski definition) is 1. The quantitative estimate of drug-likeness (QED) is 0.831. The summed E-state index contributed by atoms with van der Waals surface area (Å²) >= 11 is 0. The van der Waals surface area contributed by atoms with Gasteiger partial charge < -0.3 is 0 Å². The number of hydrogen-bond acceptors (Lipinski definition) is 3. The van der Waals surface area contributed by atoms with Crippen LogP contribution < -0.4 is 4.72 Å². The van der Waals surface area contributed by atoms with Gasteiger partial charge in [-0.25, -0.2) is 13.1 Å². The van der Waals surface area contributed by atoms with Gasteiger partial charge in [0.15, 0.2) is 0 Å². The molecule has 1 fully saturated rings. The minimum Gasteiger partial charge on any atom is -0.295 e. The molecule has 0 amide bonds. The third-order valence-electron chi connectivity index (χ3n) is 4.69. The maximum atomic E-state index is 12.0. The minimum atomic E-state index is -3.17. The highest BCUT2D eigenvalue weighted by molar-refractivity contribution is 7.89. The van der Waals surface area contributed by atoms with Gasteiger partial charge in [-0.05, 0) is 50.8 Å². The van der Waals surface area contributed by atoms with Crippen molar-refractivity contribution in [2.45, 2.75) is 46.1 Å². The topological polar surface area (TPSA) is 49.4 Å². The fourth-order valence-corrected chi connectivity index (χ4v) is 4.23. The molecule has 4 nitrogen and oxygen atoms in total. The highest BCUT2D eigenvalue weighted by Crippen LogP contribution is 2.26. The highest BCUT2D eigenvalue weighted by Gasteiger charge is 2.25.